The molecule has 150 valence electrons. The van der Waals surface area contributed by atoms with Gasteiger partial charge in [-0.2, -0.15) is 4.31 Å². The number of carbonyl (C=O) groups is 2. The van der Waals surface area contributed by atoms with Crippen LogP contribution in [0.3, 0.4) is 0 Å². The Morgan fingerprint density at radius 1 is 1.04 bits per heavy atom. The summed E-state index contributed by atoms with van der Waals surface area (Å²) >= 11 is 0. The van der Waals surface area contributed by atoms with Crippen molar-refractivity contribution < 1.29 is 23.1 Å². The molecule has 0 spiro atoms. The molecule has 1 N–H and O–H groups in total. The van der Waals surface area contributed by atoms with Crippen molar-refractivity contribution in [1.82, 2.24) is 9.21 Å². The van der Waals surface area contributed by atoms with Crippen LogP contribution in [0.1, 0.15) is 50.4 Å². The molecule has 0 aromatic heterocycles. The summed E-state index contributed by atoms with van der Waals surface area (Å²) in [6, 6.07) is 5.18. The van der Waals surface area contributed by atoms with Crippen LogP contribution >= 0.6 is 0 Å². The molecule has 0 radical (unpaired) electrons. The van der Waals surface area contributed by atoms with Gasteiger partial charge in [0, 0.05) is 32.6 Å². The van der Waals surface area contributed by atoms with Gasteiger partial charge in [0.05, 0.1) is 10.5 Å². The summed E-state index contributed by atoms with van der Waals surface area (Å²) in [4.78, 5) is 25.0. The van der Waals surface area contributed by atoms with E-state index in [4.69, 9.17) is 5.11 Å². The van der Waals surface area contributed by atoms with Gasteiger partial charge < -0.3 is 10.0 Å². The molecule has 0 bridgehead atoms. The summed E-state index contributed by atoms with van der Waals surface area (Å²) in [6.07, 6.45) is 2.29. The number of sulfonamides is 1. The molecule has 7 nitrogen and oxygen atoms in total. The van der Waals surface area contributed by atoms with E-state index in [0.29, 0.717) is 19.5 Å². The van der Waals surface area contributed by atoms with Crippen LogP contribution < -0.4 is 0 Å². The lowest BCUT2D eigenvalue weighted by Gasteiger charge is -2.34. The monoisotopic (exact) mass is 396 g/mol. The van der Waals surface area contributed by atoms with Crippen LogP contribution in [0.15, 0.2) is 29.2 Å². The standard InChI is InChI=1S/C19H28N2O5S/c1-19(2,3)10-4-5-17(22)20-11-13-21(14-12-20)27(25,26)16-8-6-15(7-9-16)18(23)24/h6-9H,4-5,10-14H2,1-3H3,(H,23,24). The van der Waals surface area contributed by atoms with Gasteiger partial charge in [0.15, 0.2) is 0 Å². The second-order valence-electron chi connectivity index (χ2n) is 8.03. The van der Waals surface area contributed by atoms with Gasteiger partial charge in [-0.15, -0.1) is 0 Å². The molecule has 8 heteroatoms. The van der Waals surface area contributed by atoms with Crippen LogP contribution in [0.25, 0.3) is 0 Å². The molecule has 1 aliphatic heterocycles. The van der Waals surface area contributed by atoms with Crippen molar-refractivity contribution in [3.05, 3.63) is 29.8 Å². The maximum Gasteiger partial charge on any atom is 0.335 e. The average molecular weight is 397 g/mol. The lowest BCUT2D eigenvalue weighted by Crippen LogP contribution is -2.50. The van der Waals surface area contributed by atoms with Gasteiger partial charge in [0.2, 0.25) is 15.9 Å². The van der Waals surface area contributed by atoms with Crippen molar-refractivity contribution in [2.24, 2.45) is 5.41 Å². The molecule has 1 amide bonds. The quantitative estimate of drug-likeness (QED) is 0.797. The Morgan fingerprint density at radius 3 is 2.07 bits per heavy atom. The molecule has 0 unspecified atom stereocenters. The van der Waals surface area contributed by atoms with E-state index in [1.807, 2.05) is 0 Å². The fraction of sp³-hybridized carbons (Fsp3) is 0.579. The van der Waals surface area contributed by atoms with E-state index in [0.717, 1.165) is 12.8 Å². The summed E-state index contributed by atoms with van der Waals surface area (Å²) < 4.78 is 26.8. The zero-order chi connectivity index (χ0) is 20.2. The van der Waals surface area contributed by atoms with Crippen molar-refractivity contribution in [3.63, 3.8) is 0 Å². The Kier molecular flexibility index (Phi) is 6.64. The zero-order valence-electron chi connectivity index (χ0n) is 16.1. The van der Waals surface area contributed by atoms with E-state index in [-0.39, 0.29) is 34.9 Å². The molecule has 0 atom stereocenters. The molecule has 1 heterocycles. The topological polar surface area (TPSA) is 95.0 Å². The third-order valence-corrected chi connectivity index (χ3v) is 6.56. The second-order valence-corrected chi connectivity index (χ2v) is 9.97. The summed E-state index contributed by atoms with van der Waals surface area (Å²) in [7, 11) is -3.69. The number of carbonyl (C=O) groups excluding carboxylic acids is 1. The normalized spacial score (nSPS) is 16.3. The van der Waals surface area contributed by atoms with Gasteiger partial charge in [-0.05, 0) is 42.5 Å². The zero-order valence-corrected chi connectivity index (χ0v) is 17.0. The first-order valence-electron chi connectivity index (χ1n) is 9.12. The summed E-state index contributed by atoms with van der Waals surface area (Å²) in [5, 5.41) is 8.92. The molecular weight excluding hydrogens is 368 g/mol. The molecule has 0 saturated carbocycles. The number of hydrogen-bond acceptors (Lipinski definition) is 4. The van der Waals surface area contributed by atoms with Gasteiger partial charge in [0.1, 0.15) is 0 Å². The Bertz CT molecular complexity index is 773. The van der Waals surface area contributed by atoms with Crippen LogP contribution in [0, 0.1) is 5.41 Å². The van der Waals surface area contributed by atoms with Crippen LogP contribution in [-0.4, -0.2) is 60.8 Å². The van der Waals surface area contributed by atoms with E-state index in [2.05, 4.69) is 20.8 Å². The fourth-order valence-electron chi connectivity index (χ4n) is 3.02. The van der Waals surface area contributed by atoms with E-state index >= 15 is 0 Å². The van der Waals surface area contributed by atoms with Gasteiger partial charge in [-0.3, -0.25) is 4.79 Å². The number of benzene rings is 1. The minimum atomic E-state index is -3.69. The lowest BCUT2D eigenvalue weighted by molar-refractivity contribution is -0.132. The summed E-state index contributed by atoms with van der Waals surface area (Å²) in [6.45, 7) is 7.67. The SMILES string of the molecule is CC(C)(C)CCCC(=O)N1CCN(S(=O)(=O)c2ccc(C(=O)O)cc2)CC1. The van der Waals surface area contributed by atoms with Crippen molar-refractivity contribution in [3.8, 4) is 0 Å². The highest BCUT2D eigenvalue weighted by molar-refractivity contribution is 7.89. The van der Waals surface area contributed by atoms with E-state index in [9.17, 15) is 18.0 Å². The first kappa shape index (κ1) is 21.4. The molecule has 2 rings (SSSR count). The number of rotatable bonds is 6. The number of nitrogens with zero attached hydrogens (tertiary/aromatic N) is 2. The second kappa shape index (κ2) is 8.39. The first-order valence-corrected chi connectivity index (χ1v) is 10.6. The summed E-state index contributed by atoms with van der Waals surface area (Å²) in [5.74, 6) is -1.03. The minimum Gasteiger partial charge on any atom is -0.478 e. The highest BCUT2D eigenvalue weighted by Crippen LogP contribution is 2.22. The number of hydrogen-bond donors (Lipinski definition) is 1. The average Bonchev–Trinajstić information content (AvgIpc) is 2.60. The third-order valence-electron chi connectivity index (χ3n) is 4.65. The number of carboxylic acid groups (broad SMARTS) is 1. The first-order chi connectivity index (χ1) is 12.5. The van der Waals surface area contributed by atoms with Crippen LogP contribution in [-0.2, 0) is 14.8 Å². The van der Waals surface area contributed by atoms with Crippen molar-refractivity contribution >= 4 is 21.9 Å². The van der Waals surface area contributed by atoms with Gasteiger partial charge >= 0.3 is 5.97 Å². The number of amides is 1. The molecule has 1 aromatic carbocycles. The Morgan fingerprint density at radius 2 is 1.59 bits per heavy atom. The fourth-order valence-corrected chi connectivity index (χ4v) is 4.45. The molecular formula is C19H28N2O5S. The molecule has 1 aromatic rings. The molecule has 1 aliphatic rings. The van der Waals surface area contributed by atoms with Crippen LogP contribution in [0.2, 0.25) is 0 Å². The van der Waals surface area contributed by atoms with E-state index in [1.165, 1.54) is 28.6 Å². The van der Waals surface area contributed by atoms with E-state index in [1.54, 1.807) is 4.90 Å². The largest absolute Gasteiger partial charge is 0.478 e. The highest BCUT2D eigenvalue weighted by atomic mass is 32.2. The number of aromatic carboxylic acids is 1. The van der Waals surface area contributed by atoms with Crippen LogP contribution in [0.4, 0.5) is 0 Å². The van der Waals surface area contributed by atoms with Gasteiger partial charge in [-0.25, -0.2) is 13.2 Å². The lowest BCUT2D eigenvalue weighted by atomic mass is 9.90. The molecule has 1 saturated heterocycles. The smallest absolute Gasteiger partial charge is 0.335 e. The molecule has 1 fully saturated rings. The van der Waals surface area contributed by atoms with Crippen molar-refractivity contribution in [2.75, 3.05) is 26.2 Å². The Hall–Kier alpha value is -1.93. The van der Waals surface area contributed by atoms with Crippen molar-refractivity contribution in [2.45, 2.75) is 44.9 Å². The molecule has 27 heavy (non-hydrogen) atoms. The van der Waals surface area contributed by atoms with Crippen LogP contribution in [0.5, 0.6) is 0 Å². The Labute approximate surface area is 161 Å². The number of piperazine rings is 1. The summed E-state index contributed by atoms with van der Waals surface area (Å²) in [5.41, 5.74) is 0.239. The van der Waals surface area contributed by atoms with Crippen molar-refractivity contribution in [1.29, 1.82) is 0 Å². The number of carboxylic acids is 1. The predicted octanol–water partition coefficient (Wildman–Crippen LogP) is 2.43. The van der Waals surface area contributed by atoms with Gasteiger partial charge in [-0.1, -0.05) is 20.8 Å². The molecule has 0 aliphatic carbocycles. The van der Waals surface area contributed by atoms with Gasteiger partial charge in [0.25, 0.3) is 0 Å². The minimum absolute atomic E-state index is 0.0413. The third kappa shape index (κ3) is 5.77. The highest BCUT2D eigenvalue weighted by Gasteiger charge is 2.30. The predicted molar refractivity (Wildman–Crippen MR) is 102 cm³/mol. The van der Waals surface area contributed by atoms with E-state index < -0.39 is 16.0 Å². The maximum atomic E-state index is 12.7. The Balaban J connectivity index is 1.92. The maximum absolute atomic E-state index is 12.7.